The van der Waals surface area contributed by atoms with Crippen LogP contribution in [0, 0.1) is 0 Å². The van der Waals surface area contributed by atoms with Gasteiger partial charge in [-0.2, -0.15) is 0 Å². The molecule has 0 aliphatic carbocycles. The fourth-order valence-electron chi connectivity index (χ4n) is 1.62. The first kappa shape index (κ1) is 14.3. The second kappa shape index (κ2) is 6.91. The topological polar surface area (TPSA) is 78.4 Å². The molecule has 0 aromatic heterocycles. The number of hydrazine groups is 1. The summed E-state index contributed by atoms with van der Waals surface area (Å²) in [7, 11) is 0. The third-order valence-electron chi connectivity index (χ3n) is 2.63. The summed E-state index contributed by atoms with van der Waals surface area (Å²) < 4.78 is 0. The summed E-state index contributed by atoms with van der Waals surface area (Å²) >= 11 is 0. The van der Waals surface area contributed by atoms with Gasteiger partial charge in [-0.1, -0.05) is 36.4 Å². The average molecular weight is 282 g/mol. The van der Waals surface area contributed by atoms with Crippen molar-refractivity contribution < 1.29 is 14.7 Å². The van der Waals surface area contributed by atoms with Gasteiger partial charge in [0.15, 0.2) is 0 Å². The van der Waals surface area contributed by atoms with Crippen molar-refractivity contribution in [2.75, 3.05) is 0 Å². The molecule has 2 rings (SSSR count). The zero-order chi connectivity index (χ0) is 15.1. The highest BCUT2D eigenvalue weighted by atomic mass is 16.3. The largest absolute Gasteiger partial charge is 0.508 e. The molecule has 0 heterocycles. The number of aromatic hydroxyl groups is 1. The molecule has 0 bridgehead atoms. The molecule has 0 fully saturated rings. The van der Waals surface area contributed by atoms with Gasteiger partial charge in [0.05, 0.1) is 0 Å². The first-order valence-corrected chi connectivity index (χ1v) is 6.27. The van der Waals surface area contributed by atoms with Crippen LogP contribution in [0.3, 0.4) is 0 Å². The number of hydrogen-bond donors (Lipinski definition) is 3. The first-order chi connectivity index (χ1) is 10.1. The molecule has 0 atom stereocenters. The Morgan fingerprint density at radius 1 is 0.952 bits per heavy atom. The highest BCUT2D eigenvalue weighted by Crippen LogP contribution is 2.10. The van der Waals surface area contributed by atoms with Crippen LogP contribution < -0.4 is 10.9 Å². The Morgan fingerprint density at radius 3 is 2.43 bits per heavy atom. The van der Waals surface area contributed by atoms with Gasteiger partial charge in [-0.05, 0) is 29.8 Å². The maximum atomic E-state index is 11.7. The summed E-state index contributed by atoms with van der Waals surface area (Å²) in [5, 5.41) is 9.27. The smallest absolute Gasteiger partial charge is 0.269 e. The lowest BCUT2D eigenvalue weighted by Gasteiger charge is -2.05. The molecule has 0 unspecified atom stereocenters. The minimum absolute atomic E-state index is 0.0158. The van der Waals surface area contributed by atoms with Gasteiger partial charge in [0, 0.05) is 11.6 Å². The Morgan fingerprint density at radius 2 is 1.71 bits per heavy atom. The SMILES string of the molecule is O=C(/C=C/c1ccccc1)NNC(=O)c1cccc(O)c1. The third kappa shape index (κ3) is 4.50. The number of carbonyl (C=O) groups excluding carboxylic acids is 2. The van der Waals surface area contributed by atoms with Gasteiger partial charge in [-0.25, -0.2) is 0 Å². The fourth-order valence-corrected chi connectivity index (χ4v) is 1.62. The number of benzene rings is 2. The van der Waals surface area contributed by atoms with Crippen molar-refractivity contribution in [3.8, 4) is 5.75 Å². The summed E-state index contributed by atoms with van der Waals surface area (Å²) in [4.78, 5) is 23.3. The van der Waals surface area contributed by atoms with Crippen LogP contribution in [0.1, 0.15) is 15.9 Å². The van der Waals surface area contributed by atoms with Crippen LogP contribution in [0.5, 0.6) is 5.75 Å². The Balaban J connectivity index is 1.87. The highest BCUT2D eigenvalue weighted by Gasteiger charge is 2.06. The molecule has 3 N–H and O–H groups in total. The predicted octanol–water partition coefficient (Wildman–Crippen LogP) is 1.87. The van der Waals surface area contributed by atoms with Crippen molar-refractivity contribution in [3.05, 3.63) is 71.8 Å². The molecule has 0 spiro atoms. The lowest BCUT2D eigenvalue weighted by atomic mass is 10.2. The maximum absolute atomic E-state index is 11.7. The van der Waals surface area contributed by atoms with E-state index in [1.54, 1.807) is 12.1 Å². The van der Waals surface area contributed by atoms with Crippen LogP contribution in [0.15, 0.2) is 60.7 Å². The second-order valence-electron chi connectivity index (χ2n) is 4.24. The van der Waals surface area contributed by atoms with Gasteiger partial charge in [0.1, 0.15) is 5.75 Å². The molecule has 5 nitrogen and oxygen atoms in total. The molecule has 0 aliphatic rings. The van der Waals surface area contributed by atoms with Gasteiger partial charge in [-0.15, -0.1) is 0 Å². The molecular formula is C16H14N2O3. The van der Waals surface area contributed by atoms with E-state index in [4.69, 9.17) is 0 Å². The van der Waals surface area contributed by atoms with Gasteiger partial charge in [-0.3, -0.25) is 20.4 Å². The van der Waals surface area contributed by atoms with Crippen molar-refractivity contribution in [3.63, 3.8) is 0 Å². The number of carbonyl (C=O) groups is 2. The number of amides is 2. The quantitative estimate of drug-likeness (QED) is 0.594. The average Bonchev–Trinajstić information content (AvgIpc) is 2.51. The summed E-state index contributed by atoms with van der Waals surface area (Å²) in [6.45, 7) is 0. The molecule has 0 saturated carbocycles. The first-order valence-electron chi connectivity index (χ1n) is 6.27. The van der Waals surface area contributed by atoms with E-state index in [9.17, 15) is 14.7 Å². The monoisotopic (exact) mass is 282 g/mol. The number of hydrogen-bond acceptors (Lipinski definition) is 3. The Bertz CT molecular complexity index is 666. The lowest BCUT2D eigenvalue weighted by Crippen LogP contribution is -2.40. The van der Waals surface area contributed by atoms with Crippen LogP contribution in [0.4, 0.5) is 0 Å². The lowest BCUT2D eigenvalue weighted by molar-refractivity contribution is -0.117. The minimum atomic E-state index is -0.507. The number of phenolic OH excluding ortho intramolecular Hbond substituents is 1. The van der Waals surface area contributed by atoms with Crippen LogP contribution in [-0.4, -0.2) is 16.9 Å². The van der Waals surface area contributed by atoms with Crippen LogP contribution >= 0.6 is 0 Å². The molecule has 21 heavy (non-hydrogen) atoms. The van der Waals surface area contributed by atoms with Crippen molar-refractivity contribution in [1.29, 1.82) is 0 Å². The Hall–Kier alpha value is -3.08. The molecule has 2 amide bonds. The zero-order valence-corrected chi connectivity index (χ0v) is 11.1. The third-order valence-corrected chi connectivity index (χ3v) is 2.63. The molecular weight excluding hydrogens is 268 g/mol. The van der Waals surface area contributed by atoms with Gasteiger partial charge in [0.25, 0.3) is 11.8 Å². The number of rotatable bonds is 3. The van der Waals surface area contributed by atoms with E-state index < -0.39 is 11.8 Å². The van der Waals surface area contributed by atoms with Crippen LogP contribution in [0.2, 0.25) is 0 Å². The number of phenols is 1. The van der Waals surface area contributed by atoms with Gasteiger partial charge < -0.3 is 5.11 Å². The normalized spacial score (nSPS) is 10.3. The van der Waals surface area contributed by atoms with Crippen LogP contribution in [-0.2, 0) is 4.79 Å². The minimum Gasteiger partial charge on any atom is -0.508 e. The fraction of sp³-hybridized carbons (Fsp3) is 0. The van der Waals surface area contributed by atoms with Crippen LogP contribution in [0.25, 0.3) is 6.08 Å². The molecule has 0 radical (unpaired) electrons. The summed E-state index contributed by atoms with van der Waals surface area (Å²) in [5.41, 5.74) is 5.66. The number of nitrogens with one attached hydrogen (secondary N) is 2. The molecule has 5 heteroatoms. The van der Waals surface area contributed by atoms with E-state index in [0.717, 1.165) is 5.56 Å². The second-order valence-corrected chi connectivity index (χ2v) is 4.24. The van der Waals surface area contributed by atoms with E-state index in [2.05, 4.69) is 10.9 Å². The van der Waals surface area contributed by atoms with E-state index in [-0.39, 0.29) is 11.3 Å². The van der Waals surface area contributed by atoms with Crippen molar-refractivity contribution in [2.24, 2.45) is 0 Å². The Kier molecular flexibility index (Phi) is 4.71. The summed E-state index contributed by atoms with van der Waals surface area (Å²) in [6.07, 6.45) is 2.95. The summed E-state index contributed by atoms with van der Waals surface area (Å²) in [5.74, 6) is -0.974. The zero-order valence-electron chi connectivity index (χ0n) is 11.1. The van der Waals surface area contributed by atoms with Crippen molar-refractivity contribution >= 4 is 17.9 Å². The maximum Gasteiger partial charge on any atom is 0.269 e. The van der Waals surface area contributed by atoms with Crippen molar-refractivity contribution in [1.82, 2.24) is 10.9 Å². The molecule has 2 aromatic carbocycles. The molecule has 106 valence electrons. The highest BCUT2D eigenvalue weighted by molar-refractivity contribution is 5.98. The standard InChI is InChI=1S/C16H14N2O3/c19-14-8-4-7-13(11-14)16(21)18-17-15(20)10-9-12-5-2-1-3-6-12/h1-11,19H,(H,17,20)(H,18,21)/b10-9+. The van der Waals surface area contributed by atoms with E-state index in [0.29, 0.717) is 0 Å². The summed E-state index contributed by atoms with van der Waals surface area (Å²) in [6, 6.07) is 15.2. The van der Waals surface area contributed by atoms with Gasteiger partial charge >= 0.3 is 0 Å². The van der Waals surface area contributed by atoms with E-state index in [1.807, 2.05) is 30.3 Å². The van der Waals surface area contributed by atoms with Gasteiger partial charge in [0.2, 0.25) is 0 Å². The molecule has 0 aliphatic heterocycles. The van der Waals surface area contributed by atoms with E-state index in [1.165, 1.54) is 24.3 Å². The Labute approximate surface area is 121 Å². The predicted molar refractivity (Wildman–Crippen MR) is 79.2 cm³/mol. The van der Waals surface area contributed by atoms with Crippen molar-refractivity contribution in [2.45, 2.75) is 0 Å². The molecule has 2 aromatic rings. The van der Waals surface area contributed by atoms with E-state index >= 15 is 0 Å². The molecule has 0 saturated heterocycles.